The number of benzene rings is 2. The Balaban J connectivity index is 1.93. The number of aromatic nitrogens is 2. The Hall–Kier alpha value is -3.47. The minimum absolute atomic E-state index is 0.207. The molecular weight excluding hydrogens is 326 g/mol. The van der Waals surface area contributed by atoms with Gasteiger partial charge in [-0.3, -0.25) is 4.40 Å². The highest BCUT2D eigenvalue weighted by atomic mass is 16.5. The lowest BCUT2D eigenvalue weighted by molar-refractivity contribution is 0.417. The number of fused-ring (bicyclic) bond motifs is 1. The Kier molecular flexibility index (Phi) is 3.97. The second kappa shape index (κ2) is 6.44. The average Bonchev–Trinajstić information content (AvgIpc) is 3.00. The number of ether oxygens (including phenoxy) is 1. The van der Waals surface area contributed by atoms with Crippen molar-refractivity contribution in [1.29, 1.82) is 0 Å². The van der Waals surface area contributed by atoms with Gasteiger partial charge in [0.1, 0.15) is 28.7 Å². The fraction of sp³-hybridized carbons (Fsp3) is 0.0952. The number of imidazole rings is 1. The summed E-state index contributed by atoms with van der Waals surface area (Å²) < 4.78 is 7.48. The molecule has 0 saturated carbocycles. The van der Waals surface area contributed by atoms with Gasteiger partial charge in [0.15, 0.2) is 0 Å². The van der Waals surface area contributed by atoms with E-state index in [4.69, 9.17) is 9.72 Å². The van der Waals surface area contributed by atoms with Crippen LogP contribution < -0.4 is 10.1 Å². The third kappa shape index (κ3) is 2.84. The predicted octanol–water partition coefficient (Wildman–Crippen LogP) is 4.77. The molecule has 2 N–H and O–H groups in total. The van der Waals surface area contributed by atoms with Crippen LogP contribution in [0.3, 0.4) is 0 Å². The van der Waals surface area contributed by atoms with Crippen LogP contribution in [0.25, 0.3) is 16.9 Å². The lowest BCUT2D eigenvalue weighted by Crippen LogP contribution is -1.99. The van der Waals surface area contributed by atoms with Crippen LogP contribution in [0.2, 0.25) is 0 Å². The maximum atomic E-state index is 9.88. The highest BCUT2D eigenvalue weighted by Gasteiger charge is 2.16. The summed E-state index contributed by atoms with van der Waals surface area (Å²) in [4.78, 5) is 4.77. The molecule has 4 rings (SSSR count). The molecular formula is C21H19N3O2. The van der Waals surface area contributed by atoms with Gasteiger partial charge in [-0.1, -0.05) is 30.3 Å². The topological polar surface area (TPSA) is 58.8 Å². The Labute approximate surface area is 151 Å². The number of phenols is 1. The van der Waals surface area contributed by atoms with Crippen LogP contribution in [-0.4, -0.2) is 21.6 Å². The standard InChI is InChI=1S/C21H19N3O2/c1-14-10-11-19-23-20(15-6-5-7-16(25)12-15)21(24(19)13-14)22-17-8-3-4-9-18(17)26-2/h3-13,22,25H,1-2H3. The zero-order valence-corrected chi connectivity index (χ0v) is 14.6. The van der Waals surface area contributed by atoms with Crippen molar-refractivity contribution in [2.45, 2.75) is 6.92 Å². The van der Waals surface area contributed by atoms with Gasteiger partial charge >= 0.3 is 0 Å². The molecule has 130 valence electrons. The summed E-state index contributed by atoms with van der Waals surface area (Å²) in [5.74, 6) is 1.77. The molecule has 0 amide bonds. The van der Waals surface area contributed by atoms with Gasteiger partial charge in [0.2, 0.25) is 0 Å². The van der Waals surface area contributed by atoms with Crippen LogP contribution in [0.4, 0.5) is 11.5 Å². The molecule has 0 saturated heterocycles. The number of aryl methyl sites for hydroxylation is 1. The van der Waals surface area contributed by atoms with Gasteiger partial charge in [-0.05, 0) is 42.8 Å². The molecule has 4 aromatic rings. The lowest BCUT2D eigenvalue weighted by atomic mass is 10.1. The zero-order valence-electron chi connectivity index (χ0n) is 14.6. The number of phenolic OH excluding ortho intramolecular Hbond substituents is 1. The Morgan fingerprint density at radius 2 is 1.88 bits per heavy atom. The molecule has 0 fully saturated rings. The molecule has 0 aliphatic rings. The van der Waals surface area contributed by atoms with Gasteiger partial charge in [0.25, 0.3) is 0 Å². The molecule has 0 unspecified atom stereocenters. The van der Waals surface area contributed by atoms with Crippen LogP contribution in [0.1, 0.15) is 5.56 Å². The molecule has 0 aliphatic carbocycles. The number of para-hydroxylation sites is 2. The summed E-state index contributed by atoms with van der Waals surface area (Å²) in [5.41, 5.74) is 4.40. The summed E-state index contributed by atoms with van der Waals surface area (Å²) in [7, 11) is 1.65. The molecule has 0 atom stereocenters. The summed E-state index contributed by atoms with van der Waals surface area (Å²) >= 11 is 0. The first kappa shape index (κ1) is 16.0. The number of nitrogens with one attached hydrogen (secondary N) is 1. The largest absolute Gasteiger partial charge is 0.508 e. The van der Waals surface area contributed by atoms with Crippen LogP contribution >= 0.6 is 0 Å². The molecule has 2 aromatic carbocycles. The van der Waals surface area contributed by atoms with Gasteiger partial charge in [-0.2, -0.15) is 0 Å². The number of methoxy groups -OCH3 is 1. The SMILES string of the molecule is COc1ccccc1Nc1c(-c2cccc(O)c2)nc2ccc(C)cn12. The third-order valence-corrected chi connectivity index (χ3v) is 4.25. The van der Waals surface area contributed by atoms with E-state index in [0.29, 0.717) is 0 Å². The van der Waals surface area contributed by atoms with Crippen molar-refractivity contribution < 1.29 is 9.84 Å². The van der Waals surface area contributed by atoms with Crippen molar-refractivity contribution >= 4 is 17.2 Å². The van der Waals surface area contributed by atoms with E-state index < -0.39 is 0 Å². The van der Waals surface area contributed by atoms with E-state index in [1.165, 1.54) is 0 Å². The number of hydrogen-bond donors (Lipinski definition) is 2. The maximum absolute atomic E-state index is 9.88. The summed E-state index contributed by atoms with van der Waals surface area (Å²) in [6.07, 6.45) is 2.03. The molecule has 0 aliphatic heterocycles. The highest BCUT2D eigenvalue weighted by molar-refractivity contribution is 5.81. The van der Waals surface area contributed by atoms with Crippen molar-refractivity contribution in [3.63, 3.8) is 0 Å². The second-order valence-electron chi connectivity index (χ2n) is 6.12. The fourth-order valence-electron chi connectivity index (χ4n) is 3.00. The molecule has 0 bridgehead atoms. The summed E-state index contributed by atoms with van der Waals surface area (Å²) in [5, 5.41) is 13.3. The van der Waals surface area contributed by atoms with Crippen LogP contribution in [-0.2, 0) is 0 Å². The van der Waals surface area contributed by atoms with Crippen LogP contribution in [0.15, 0.2) is 66.9 Å². The predicted molar refractivity (Wildman–Crippen MR) is 103 cm³/mol. The molecule has 0 radical (unpaired) electrons. The molecule has 0 spiro atoms. The molecule has 2 heterocycles. The first-order chi connectivity index (χ1) is 12.7. The number of aromatic hydroxyl groups is 1. The summed E-state index contributed by atoms with van der Waals surface area (Å²) in [6, 6.07) is 18.9. The third-order valence-electron chi connectivity index (χ3n) is 4.25. The van der Waals surface area contributed by atoms with E-state index in [1.807, 2.05) is 66.1 Å². The van der Waals surface area contributed by atoms with Crippen molar-refractivity contribution in [1.82, 2.24) is 9.38 Å². The molecule has 5 nitrogen and oxygen atoms in total. The maximum Gasteiger partial charge on any atom is 0.143 e. The zero-order chi connectivity index (χ0) is 18.1. The van der Waals surface area contributed by atoms with Gasteiger partial charge in [0, 0.05) is 11.8 Å². The van der Waals surface area contributed by atoms with Crippen LogP contribution in [0.5, 0.6) is 11.5 Å². The number of pyridine rings is 1. The fourth-order valence-corrected chi connectivity index (χ4v) is 3.00. The van der Waals surface area contributed by atoms with Gasteiger partial charge in [-0.25, -0.2) is 4.98 Å². The number of nitrogens with zero attached hydrogens (tertiary/aromatic N) is 2. The highest BCUT2D eigenvalue weighted by Crippen LogP contribution is 2.35. The van der Waals surface area contributed by atoms with Crippen molar-refractivity contribution in [3.8, 4) is 22.8 Å². The Morgan fingerprint density at radius 3 is 2.69 bits per heavy atom. The Bertz CT molecular complexity index is 1090. The normalized spacial score (nSPS) is 10.8. The monoisotopic (exact) mass is 345 g/mol. The number of hydrogen-bond acceptors (Lipinski definition) is 4. The van der Waals surface area contributed by atoms with Gasteiger partial charge in [0.05, 0.1) is 12.8 Å². The molecule has 26 heavy (non-hydrogen) atoms. The average molecular weight is 345 g/mol. The van der Waals surface area contributed by atoms with E-state index in [-0.39, 0.29) is 5.75 Å². The number of rotatable bonds is 4. The van der Waals surface area contributed by atoms with E-state index >= 15 is 0 Å². The van der Waals surface area contributed by atoms with E-state index in [0.717, 1.165) is 39.7 Å². The first-order valence-electron chi connectivity index (χ1n) is 8.34. The summed E-state index contributed by atoms with van der Waals surface area (Å²) in [6.45, 7) is 2.04. The van der Waals surface area contributed by atoms with Crippen LogP contribution in [0, 0.1) is 6.92 Å². The van der Waals surface area contributed by atoms with Crippen molar-refractivity contribution in [2.24, 2.45) is 0 Å². The second-order valence-corrected chi connectivity index (χ2v) is 6.12. The van der Waals surface area contributed by atoms with E-state index in [2.05, 4.69) is 5.32 Å². The number of anilines is 2. The quantitative estimate of drug-likeness (QED) is 0.559. The minimum atomic E-state index is 0.207. The van der Waals surface area contributed by atoms with E-state index in [9.17, 15) is 5.11 Å². The molecule has 5 heteroatoms. The molecule has 2 aromatic heterocycles. The van der Waals surface area contributed by atoms with Gasteiger partial charge < -0.3 is 15.2 Å². The first-order valence-corrected chi connectivity index (χ1v) is 8.34. The van der Waals surface area contributed by atoms with E-state index in [1.54, 1.807) is 19.2 Å². The Morgan fingerprint density at radius 1 is 1.04 bits per heavy atom. The van der Waals surface area contributed by atoms with Crippen molar-refractivity contribution in [2.75, 3.05) is 12.4 Å². The lowest BCUT2D eigenvalue weighted by Gasteiger charge is -2.12. The minimum Gasteiger partial charge on any atom is -0.508 e. The smallest absolute Gasteiger partial charge is 0.143 e. The van der Waals surface area contributed by atoms with Gasteiger partial charge in [-0.15, -0.1) is 0 Å². The van der Waals surface area contributed by atoms with Crippen molar-refractivity contribution in [3.05, 3.63) is 72.4 Å².